The molecule has 96 valence electrons. The number of aryl methyl sites for hydroxylation is 1. The quantitative estimate of drug-likeness (QED) is 0.723. The first kappa shape index (κ1) is 15.0. The second-order valence-electron chi connectivity index (χ2n) is 3.95. The summed E-state index contributed by atoms with van der Waals surface area (Å²) in [6.07, 6.45) is 0.899. The number of aliphatic hydroxyl groups is 1. The van der Waals surface area contributed by atoms with E-state index in [1.54, 1.807) is 0 Å². The lowest BCUT2D eigenvalue weighted by Crippen LogP contribution is -2.16. The molecule has 0 fully saturated rings. The third-order valence-electron chi connectivity index (χ3n) is 2.42. The highest BCUT2D eigenvalue weighted by molar-refractivity contribution is 9.10. The number of thioether (sulfide) groups is 1. The van der Waals surface area contributed by atoms with E-state index >= 15 is 0 Å². The first-order valence-corrected chi connectivity index (χ1v) is 7.83. The molecule has 0 aromatic heterocycles. The van der Waals surface area contributed by atoms with E-state index in [0.717, 1.165) is 31.0 Å². The lowest BCUT2D eigenvalue weighted by molar-refractivity contribution is 0.296. The van der Waals surface area contributed by atoms with Crippen LogP contribution >= 0.6 is 27.7 Å². The van der Waals surface area contributed by atoms with Gasteiger partial charge >= 0.3 is 0 Å². The number of hydrogen-bond donors (Lipinski definition) is 2. The van der Waals surface area contributed by atoms with Crippen molar-refractivity contribution in [2.24, 2.45) is 0 Å². The Morgan fingerprint density at radius 1 is 1.35 bits per heavy atom. The van der Waals surface area contributed by atoms with Crippen molar-refractivity contribution in [3.8, 4) is 0 Å². The summed E-state index contributed by atoms with van der Waals surface area (Å²) in [5.74, 6) is 2.16. The number of benzene rings is 1. The summed E-state index contributed by atoms with van der Waals surface area (Å²) in [7, 11) is 0. The normalized spacial score (nSPS) is 10.8. The van der Waals surface area contributed by atoms with Crippen LogP contribution in [0.1, 0.15) is 17.5 Å². The fraction of sp³-hybridized carbons (Fsp3) is 0.538. The Morgan fingerprint density at radius 2 is 2.18 bits per heavy atom. The predicted molar refractivity (Wildman–Crippen MR) is 79.6 cm³/mol. The zero-order chi connectivity index (χ0) is 12.5. The zero-order valence-electron chi connectivity index (χ0n) is 10.2. The summed E-state index contributed by atoms with van der Waals surface area (Å²) in [6, 6.07) is 6.45. The minimum Gasteiger partial charge on any atom is -0.396 e. The van der Waals surface area contributed by atoms with Gasteiger partial charge in [-0.05, 0) is 36.3 Å². The van der Waals surface area contributed by atoms with Crippen LogP contribution in [0.5, 0.6) is 0 Å². The van der Waals surface area contributed by atoms with Crippen LogP contribution in [-0.2, 0) is 6.54 Å². The van der Waals surface area contributed by atoms with Gasteiger partial charge in [0.05, 0.1) is 0 Å². The van der Waals surface area contributed by atoms with Crippen molar-refractivity contribution in [3.05, 3.63) is 33.8 Å². The van der Waals surface area contributed by atoms with Gasteiger partial charge in [-0.2, -0.15) is 11.8 Å². The lowest BCUT2D eigenvalue weighted by Gasteiger charge is -2.06. The Labute approximate surface area is 116 Å². The van der Waals surface area contributed by atoms with E-state index in [2.05, 4.69) is 46.4 Å². The van der Waals surface area contributed by atoms with Crippen LogP contribution in [0.3, 0.4) is 0 Å². The molecule has 0 aliphatic rings. The Bertz CT molecular complexity index is 333. The summed E-state index contributed by atoms with van der Waals surface area (Å²) in [6.45, 7) is 4.36. The fourth-order valence-corrected chi connectivity index (χ4v) is 2.54. The minimum absolute atomic E-state index is 0.304. The second-order valence-corrected chi connectivity index (χ2v) is 6.03. The summed E-state index contributed by atoms with van der Waals surface area (Å²) >= 11 is 5.39. The molecule has 1 aromatic rings. The fourth-order valence-electron chi connectivity index (χ4n) is 1.46. The van der Waals surface area contributed by atoms with Gasteiger partial charge in [0.15, 0.2) is 0 Å². The molecule has 17 heavy (non-hydrogen) atoms. The average Bonchev–Trinajstić information content (AvgIpc) is 2.32. The smallest absolute Gasteiger partial charge is 0.0438 e. The molecule has 1 rings (SSSR count). The predicted octanol–water partition coefficient (Wildman–Crippen LogP) is 2.96. The second kappa shape index (κ2) is 8.97. The van der Waals surface area contributed by atoms with Crippen LogP contribution in [-0.4, -0.2) is 29.8 Å². The van der Waals surface area contributed by atoms with Crippen LogP contribution in [0.25, 0.3) is 0 Å². The summed E-state index contributed by atoms with van der Waals surface area (Å²) < 4.78 is 1.17. The van der Waals surface area contributed by atoms with Crippen LogP contribution < -0.4 is 5.32 Å². The SMILES string of the molecule is Cc1cc(CNCCSCCCO)ccc1Br. The van der Waals surface area contributed by atoms with Gasteiger partial charge in [0.1, 0.15) is 0 Å². The molecule has 0 atom stereocenters. The maximum atomic E-state index is 8.63. The highest BCUT2D eigenvalue weighted by Crippen LogP contribution is 2.16. The van der Waals surface area contributed by atoms with Gasteiger partial charge in [-0.3, -0.25) is 0 Å². The number of halogens is 1. The van der Waals surface area contributed by atoms with E-state index in [9.17, 15) is 0 Å². The standard InChI is InChI=1S/C13H20BrNOS/c1-11-9-12(3-4-13(11)14)10-15-5-8-17-7-2-6-16/h3-4,9,15-16H,2,5-8,10H2,1H3. The van der Waals surface area contributed by atoms with E-state index in [0.29, 0.717) is 6.61 Å². The van der Waals surface area contributed by atoms with Gasteiger partial charge in [0.2, 0.25) is 0 Å². The average molecular weight is 318 g/mol. The summed E-state index contributed by atoms with van der Waals surface area (Å²) in [5.41, 5.74) is 2.60. The van der Waals surface area contributed by atoms with Crippen LogP contribution in [0.2, 0.25) is 0 Å². The minimum atomic E-state index is 0.304. The Morgan fingerprint density at radius 3 is 2.88 bits per heavy atom. The number of rotatable bonds is 8. The lowest BCUT2D eigenvalue weighted by atomic mass is 10.1. The maximum absolute atomic E-state index is 8.63. The highest BCUT2D eigenvalue weighted by atomic mass is 79.9. The number of nitrogens with one attached hydrogen (secondary N) is 1. The van der Waals surface area contributed by atoms with Gasteiger partial charge in [0, 0.05) is 29.9 Å². The van der Waals surface area contributed by atoms with Crippen molar-refractivity contribution >= 4 is 27.7 Å². The third-order valence-corrected chi connectivity index (χ3v) is 4.38. The van der Waals surface area contributed by atoms with Crippen molar-refractivity contribution in [2.75, 3.05) is 24.7 Å². The molecule has 0 unspecified atom stereocenters. The molecule has 1 aromatic carbocycles. The topological polar surface area (TPSA) is 32.3 Å². The van der Waals surface area contributed by atoms with Crippen LogP contribution in [0, 0.1) is 6.92 Å². The highest BCUT2D eigenvalue weighted by Gasteiger charge is 1.97. The Kier molecular flexibility index (Phi) is 7.93. The molecule has 0 heterocycles. The van der Waals surface area contributed by atoms with E-state index in [-0.39, 0.29) is 0 Å². The zero-order valence-corrected chi connectivity index (χ0v) is 12.6. The molecule has 0 aliphatic carbocycles. The van der Waals surface area contributed by atoms with E-state index in [1.165, 1.54) is 15.6 Å². The van der Waals surface area contributed by atoms with E-state index < -0.39 is 0 Å². The van der Waals surface area contributed by atoms with E-state index in [4.69, 9.17) is 5.11 Å². The summed E-state index contributed by atoms with van der Waals surface area (Å²) in [4.78, 5) is 0. The molecule has 4 heteroatoms. The molecule has 0 spiro atoms. The first-order chi connectivity index (χ1) is 8.24. The van der Waals surface area contributed by atoms with Crippen molar-refractivity contribution < 1.29 is 5.11 Å². The van der Waals surface area contributed by atoms with E-state index in [1.807, 2.05) is 11.8 Å². The largest absolute Gasteiger partial charge is 0.396 e. The maximum Gasteiger partial charge on any atom is 0.0438 e. The van der Waals surface area contributed by atoms with Gasteiger partial charge < -0.3 is 10.4 Å². The Hall–Kier alpha value is -0.0300. The third kappa shape index (κ3) is 6.46. The monoisotopic (exact) mass is 317 g/mol. The van der Waals surface area contributed by atoms with Crippen molar-refractivity contribution in [1.29, 1.82) is 0 Å². The molecule has 0 saturated heterocycles. The molecule has 0 radical (unpaired) electrons. The molecule has 0 amide bonds. The van der Waals surface area contributed by atoms with Gasteiger partial charge in [-0.15, -0.1) is 0 Å². The first-order valence-electron chi connectivity index (χ1n) is 5.88. The van der Waals surface area contributed by atoms with Crippen molar-refractivity contribution in [3.63, 3.8) is 0 Å². The molecular formula is C13H20BrNOS. The van der Waals surface area contributed by atoms with Gasteiger partial charge in [0.25, 0.3) is 0 Å². The molecule has 0 bridgehead atoms. The van der Waals surface area contributed by atoms with Crippen molar-refractivity contribution in [1.82, 2.24) is 5.32 Å². The summed E-state index contributed by atoms with van der Waals surface area (Å²) in [5, 5.41) is 12.1. The number of hydrogen-bond acceptors (Lipinski definition) is 3. The van der Waals surface area contributed by atoms with Crippen molar-refractivity contribution in [2.45, 2.75) is 19.9 Å². The molecule has 0 saturated carbocycles. The van der Waals surface area contributed by atoms with Gasteiger partial charge in [-0.1, -0.05) is 28.1 Å². The molecule has 2 nitrogen and oxygen atoms in total. The number of aliphatic hydroxyl groups excluding tert-OH is 1. The molecular weight excluding hydrogens is 298 g/mol. The van der Waals surface area contributed by atoms with Gasteiger partial charge in [-0.25, -0.2) is 0 Å². The van der Waals surface area contributed by atoms with Crippen LogP contribution in [0.15, 0.2) is 22.7 Å². The van der Waals surface area contributed by atoms with Crippen LogP contribution in [0.4, 0.5) is 0 Å². The molecule has 0 aliphatic heterocycles. The Balaban J connectivity index is 2.11. The molecule has 2 N–H and O–H groups in total.